The molecular weight excluding hydrogens is 309 g/mol. The highest BCUT2D eigenvalue weighted by Crippen LogP contribution is 2.33. The Kier molecular flexibility index (Phi) is 4.14. The van der Waals surface area contributed by atoms with Crippen molar-refractivity contribution in [3.8, 4) is 0 Å². The minimum absolute atomic E-state index is 0.259. The first kappa shape index (κ1) is 13.9. The van der Waals surface area contributed by atoms with Gasteiger partial charge in [0.25, 0.3) is 5.91 Å². The molecule has 3 N–H and O–H groups in total. The number of hydrogen-bond donors (Lipinski definition) is 2. The monoisotopic (exact) mass is 315 g/mol. The summed E-state index contributed by atoms with van der Waals surface area (Å²) in [6.45, 7) is 0. The average Bonchev–Trinajstić information content (AvgIpc) is 2.34. The van der Waals surface area contributed by atoms with Crippen LogP contribution in [-0.4, -0.2) is 10.9 Å². The summed E-state index contributed by atoms with van der Waals surface area (Å²) >= 11 is 17.7. The average molecular weight is 317 g/mol. The van der Waals surface area contributed by atoms with Crippen molar-refractivity contribution in [2.24, 2.45) is 0 Å². The third-order valence-electron chi connectivity index (χ3n) is 2.29. The number of nitrogens with zero attached hydrogens (tertiary/aromatic N) is 1. The number of halogens is 3. The highest BCUT2D eigenvalue weighted by atomic mass is 35.5. The van der Waals surface area contributed by atoms with Crippen LogP contribution in [0.15, 0.2) is 30.5 Å². The molecule has 0 unspecified atom stereocenters. The number of pyridine rings is 1. The molecule has 0 aliphatic carbocycles. The Labute approximate surface area is 124 Å². The predicted molar refractivity (Wildman–Crippen MR) is 78.1 cm³/mol. The molecule has 0 aliphatic rings. The molecule has 1 heterocycles. The number of anilines is 2. The van der Waals surface area contributed by atoms with E-state index >= 15 is 0 Å². The first-order valence-corrected chi connectivity index (χ1v) is 6.28. The third-order valence-corrected chi connectivity index (χ3v) is 3.11. The quantitative estimate of drug-likeness (QED) is 0.883. The summed E-state index contributed by atoms with van der Waals surface area (Å²) in [4.78, 5) is 15.8. The number of amides is 1. The van der Waals surface area contributed by atoms with Gasteiger partial charge in [0.2, 0.25) is 0 Å². The molecule has 0 spiro atoms. The normalized spacial score (nSPS) is 10.3. The van der Waals surface area contributed by atoms with Crippen molar-refractivity contribution in [2.45, 2.75) is 0 Å². The Morgan fingerprint density at radius 2 is 1.79 bits per heavy atom. The van der Waals surface area contributed by atoms with Gasteiger partial charge in [0, 0.05) is 11.2 Å². The largest absolute Gasteiger partial charge is 0.384 e. The van der Waals surface area contributed by atoms with E-state index in [0.29, 0.717) is 22.1 Å². The SMILES string of the molecule is Nc1ccc(C(=O)Nc2c(Cl)cc(Cl)cc2Cl)cn1. The lowest BCUT2D eigenvalue weighted by Crippen LogP contribution is -2.13. The minimum Gasteiger partial charge on any atom is -0.384 e. The summed E-state index contributed by atoms with van der Waals surface area (Å²) in [5.41, 5.74) is 6.09. The predicted octanol–water partition coefficient (Wildman–Crippen LogP) is 3.88. The lowest BCUT2D eigenvalue weighted by atomic mass is 10.2. The molecule has 0 atom stereocenters. The zero-order valence-corrected chi connectivity index (χ0v) is 11.7. The van der Waals surface area contributed by atoms with Crippen molar-refractivity contribution < 1.29 is 4.79 Å². The van der Waals surface area contributed by atoms with Crippen LogP contribution in [0.1, 0.15) is 10.4 Å². The smallest absolute Gasteiger partial charge is 0.257 e. The number of benzene rings is 1. The second-order valence-corrected chi connectivity index (χ2v) is 4.92. The molecular formula is C12H8Cl3N3O. The standard InChI is InChI=1S/C12H8Cl3N3O/c13-7-3-8(14)11(9(15)4-7)18-12(19)6-1-2-10(16)17-5-6/h1-5H,(H2,16,17)(H,18,19). The number of nitrogen functional groups attached to an aromatic ring is 1. The van der Waals surface area contributed by atoms with E-state index in [1.165, 1.54) is 24.4 Å². The second kappa shape index (κ2) is 5.65. The van der Waals surface area contributed by atoms with Crippen LogP contribution in [0.3, 0.4) is 0 Å². The van der Waals surface area contributed by atoms with E-state index in [9.17, 15) is 4.79 Å². The number of carbonyl (C=O) groups is 1. The molecule has 1 amide bonds. The van der Waals surface area contributed by atoms with Crippen LogP contribution >= 0.6 is 34.8 Å². The number of aromatic nitrogens is 1. The van der Waals surface area contributed by atoms with Gasteiger partial charge >= 0.3 is 0 Å². The molecule has 2 rings (SSSR count). The number of nitrogens with one attached hydrogen (secondary N) is 1. The van der Waals surface area contributed by atoms with Gasteiger partial charge in [-0.3, -0.25) is 4.79 Å². The van der Waals surface area contributed by atoms with Crippen molar-refractivity contribution in [2.75, 3.05) is 11.1 Å². The van der Waals surface area contributed by atoms with Crippen LogP contribution in [0.5, 0.6) is 0 Å². The molecule has 0 bridgehead atoms. The fourth-order valence-electron chi connectivity index (χ4n) is 1.39. The Morgan fingerprint density at radius 1 is 1.16 bits per heavy atom. The van der Waals surface area contributed by atoms with Crippen molar-refractivity contribution >= 4 is 52.2 Å². The van der Waals surface area contributed by atoms with Gasteiger partial charge in [-0.25, -0.2) is 4.98 Å². The molecule has 2 aromatic rings. The van der Waals surface area contributed by atoms with Gasteiger partial charge < -0.3 is 11.1 Å². The Balaban J connectivity index is 2.26. The Bertz CT molecular complexity index is 606. The van der Waals surface area contributed by atoms with Gasteiger partial charge in [-0.15, -0.1) is 0 Å². The Morgan fingerprint density at radius 3 is 2.32 bits per heavy atom. The summed E-state index contributed by atoms with van der Waals surface area (Å²) < 4.78 is 0. The van der Waals surface area contributed by atoms with Crippen LogP contribution in [0.4, 0.5) is 11.5 Å². The molecule has 1 aromatic carbocycles. The first-order valence-electron chi connectivity index (χ1n) is 5.15. The van der Waals surface area contributed by atoms with E-state index in [1.807, 2.05) is 0 Å². The molecule has 0 radical (unpaired) electrons. The van der Waals surface area contributed by atoms with Crippen LogP contribution in [0, 0.1) is 0 Å². The maximum atomic E-state index is 12.0. The maximum Gasteiger partial charge on any atom is 0.257 e. The van der Waals surface area contributed by atoms with Crippen LogP contribution in [0.2, 0.25) is 15.1 Å². The summed E-state index contributed by atoms with van der Waals surface area (Å²) in [7, 11) is 0. The molecule has 0 saturated heterocycles. The van der Waals surface area contributed by atoms with Crippen molar-refractivity contribution in [1.29, 1.82) is 0 Å². The van der Waals surface area contributed by atoms with E-state index in [0.717, 1.165) is 0 Å². The summed E-state index contributed by atoms with van der Waals surface area (Å²) in [6, 6.07) is 6.06. The zero-order chi connectivity index (χ0) is 14.0. The Hall–Kier alpha value is -1.49. The molecule has 0 fully saturated rings. The molecule has 4 nitrogen and oxygen atoms in total. The van der Waals surface area contributed by atoms with Gasteiger partial charge in [0.15, 0.2) is 0 Å². The summed E-state index contributed by atoms with van der Waals surface area (Å²) in [5.74, 6) is -0.0577. The highest BCUT2D eigenvalue weighted by Gasteiger charge is 2.13. The van der Waals surface area contributed by atoms with Gasteiger partial charge in [-0.2, -0.15) is 0 Å². The van der Waals surface area contributed by atoms with Crippen LogP contribution in [-0.2, 0) is 0 Å². The molecule has 0 saturated carbocycles. The molecule has 19 heavy (non-hydrogen) atoms. The number of rotatable bonds is 2. The number of nitrogens with two attached hydrogens (primary N) is 1. The lowest BCUT2D eigenvalue weighted by molar-refractivity contribution is 0.102. The van der Waals surface area contributed by atoms with Crippen molar-refractivity contribution in [1.82, 2.24) is 4.98 Å². The van der Waals surface area contributed by atoms with Crippen LogP contribution in [0.25, 0.3) is 0 Å². The van der Waals surface area contributed by atoms with Crippen molar-refractivity contribution in [3.05, 3.63) is 51.1 Å². The summed E-state index contributed by atoms with van der Waals surface area (Å²) in [6.07, 6.45) is 1.36. The summed E-state index contributed by atoms with van der Waals surface area (Å²) in [5, 5.41) is 3.51. The van der Waals surface area contributed by atoms with Gasteiger partial charge in [-0.05, 0) is 24.3 Å². The fraction of sp³-hybridized carbons (Fsp3) is 0. The van der Waals surface area contributed by atoms with Gasteiger partial charge in [0.1, 0.15) is 5.82 Å². The second-order valence-electron chi connectivity index (χ2n) is 3.67. The van der Waals surface area contributed by atoms with Gasteiger partial charge in [0.05, 0.1) is 21.3 Å². The van der Waals surface area contributed by atoms with Crippen molar-refractivity contribution in [3.63, 3.8) is 0 Å². The molecule has 7 heteroatoms. The molecule has 98 valence electrons. The van der Waals surface area contributed by atoms with Gasteiger partial charge in [-0.1, -0.05) is 34.8 Å². The molecule has 1 aromatic heterocycles. The first-order chi connectivity index (χ1) is 8.97. The molecule has 0 aliphatic heterocycles. The number of carbonyl (C=O) groups excluding carboxylic acids is 1. The fourth-order valence-corrected chi connectivity index (χ4v) is 2.30. The third kappa shape index (κ3) is 3.29. The van der Waals surface area contributed by atoms with E-state index in [-0.39, 0.29) is 10.0 Å². The number of hydrogen-bond acceptors (Lipinski definition) is 3. The maximum absolute atomic E-state index is 12.0. The van der Waals surface area contributed by atoms with E-state index in [2.05, 4.69) is 10.3 Å². The van der Waals surface area contributed by atoms with E-state index in [4.69, 9.17) is 40.5 Å². The van der Waals surface area contributed by atoms with E-state index in [1.54, 1.807) is 6.07 Å². The topological polar surface area (TPSA) is 68.0 Å². The highest BCUT2D eigenvalue weighted by molar-refractivity contribution is 6.42. The van der Waals surface area contributed by atoms with E-state index < -0.39 is 5.91 Å². The lowest BCUT2D eigenvalue weighted by Gasteiger charge is -2.09. The minimum atomic E-state index is -0.390. The zero-order valence-electron chi connectivity index (χ0n) is 9.45. The van der Waals surface area contributed by atoms with Crippen LogP contribution < -0.4 is 11.1 Å².